The largest absolute Gasteiger partial charge is 0.507 e. The molecule has 0 bridgehead atoms. The number of phenols is 1. The summed E-state index contributed by atoms with van der Waals surface area (Å²) < 4.78 is 0. The first-order valence-corrected chi connectivity index (χ1v) is 10.7. The number of allylic oxidation sites excluding steroid dienone is 1. The van der Waals surface area contributed by atoms with Gasteiger partial charge in [-0.05, 0) is 58.9 Å². The molecule has 0 fully saturated rings. The zero-order valence-electron chi connectivity index (χ0n) is 20.2. The number of amides is 1. The topological polar surface area (TPSA) is 69.6 Å². The Morgan fingerprint density at radius 2 is 1.39 bits per heavy atom. The van der Waals surface area contributed by atoms with Crippen molar-refractivity contribution < 1.29 is 15.0 Å². The maximum atomic E-state index is 11.7. The lowest BCUT2D eigenvalue weighted by atomic mass is 9.76. The molecule has 0 aliphatic heterocycles. The van der Waals surface area contributed by atoms with Gasteiger partial charge < -0.3 is 15.5 Å². The number of rotatable bonds is 5. The zero-order valence-corrected chi connectivity index (χ0v) is 20.2. The van der Waals surface area contributed by atoms with E-state index in [1.165, 1.54) is 0 Å². The van der Waals surface area contributed by atoms with E-state index in [1.54, 1.807) is 0 Å². The highest BCUT2D eigenvalue weighted by molar-refractivity contribution is 5.67. The fourth-order valence-electron chi connectivity index (χ4n) is 3.93. The lowest BCUT2D eigenvalue weighted by molar-refractivity contribution is 0.179. The molecule has 1 atom stereocenters. The maximum Gasteiger partial charge on any atom is 0.405 e. The number of nitrogens with one attached hydrogen (secondary N) is 1. The summed E-state index contributed by atoms with van der Waals surface area (Å²) in [5.41, 5.74) is 4.24. The van der Waals surface area contributed by atoms with Gasteiger partial charge in [0, 0.05) is 0 Å². The highest BCUT2D eigenvalue weighted by atomic mass is 16.4. The molecule has 0 radical (unpaired) electrons. The van der Waals surface area contributed by atoms with Crippen molar-refractivity contribution in [2.45, 2.75) is 78.2 Å². The minimum absolute atomic E-state index is 0.250. The van der Waals surface area contributed by atoms with Crippen molar-refractivity contribution in [2.75, 3.05) is 0 Å². The summed E-state index contributed by atoms with van der Waals surface area (Å²) >= 11 is 0. The molecule has 0 spiro atoms. The van der Waals surface area contributed by atoms with Crippen molar-refractivity contribution in [3.63, 3.8) is 0 Å². The Morgan fingerprint density at radius 1 is 0.935 bits per heavy atom. The minimum Gasteiger partial charge on any atom is -0.507 e. The Hall–Kier alpha value is -2.75. The van der Waals surface area contributed by atoms with Gasteiger partial charge in [0.05, 0.1) is 5.54 Å². The van der Waals surface area contributed by atoms with Gasteiger partial charge in [-0.2, -0.15) is 0 Å². The number of hydrogen-bond acceptors (Lipinski definition) is 2. The zero-order chi connectivity index (χ0) is 23.8. The second-order valence-electron chi connectivity index (χ2n) is 10.8. The van der Waals surface area contributed by atoms with Crippen molar-refractivity contribution in [1.29, 1.82) is 0 Å². The predicted molar refractivity (Wildman–Crippen MR) is 129 cm³/mol. The van der Waals surface area contributed by atoms with Crippen LogP contribution in [0.1, 0.15) is 83.2 Å². The molecule has 0 heterocycles. The summed E-state index contributed by atoms with van der Waals surface area (Å²) in [5.74, 6) is 0.322. The quantitative estimate of drug-likeness (QED) is 0.498. The third-order valence-corrected chi connectivity index (χ3v) is 5.74. The molecule has 0 aliphatic rings. The molecule has 168 valence electrons. The van der Waals surface area contributed by atoms with Crippen LogP contribution in [-0.4, -0.2) is 16.3 Å². The van der Waals surface area contributed by atoms with E-state index in [-0.39, 0.29) is 10.8 Å². The standard InChI is InChI=1S/C27H37NO3/c1-17(2)19-10-12-20(13-11-19)27(9,28-24(30)31)16-18-14-21(25(3,4)5)23(29)22(15-18)26(6,7)8/h10-15,28-29H,1,16H2,2-9H3,(H,30,31). The number of carbonyl (C=O) groups is 1. The van der Waals surface area contributed by atoms with Crippen molar-refractivity contribution in [2.24, 2.45) is 0 Å². The van der Waals surface area contributed by atoms with E-state index >= 15 is 0 Å². The van der Waals surface area contributed by atoms with Gasteiger partial charge in [-0.25, -0.2) is 4.79 Å². The summed E-state index contributed by atoms with van der Waals surface area (Å²) in [6.45, 7) is 20.3. The Kier molecular flexibility index (Phi) is 6.65. The predicted octanol–water partition coefficient (Wildman–Crippen LogP) is 6.75. The highest BCUT2D eigenvalue weighted by Gasteiger charge is 2.32. The van der Waals surface area contributed by atoms with E-state index in [9.17, 15) is 15.0 Å². The first-order valence-electron chi connectivity index (χ1n) is 10.7. The van der Waals surface area contributed by atoms with E-state index in [2.05, 4.69) is 53.4 Å². The van der Waals surface area contributed by atoms with Gasteiger partial charge in [0.15, 0.2) is 0 Å². The fraction of sp³-hybridized carbons (Fsp3) is 0.444. The summed E-state index contributed by atoms with van der Waals surface area (Å²) in [4.78, 5) is 11.7. The normalized spacial score (nSPS) is 14.1. The van der Waals surface area contributed by atoms with Crippen LogP contribution >= 0.6 is 0 Å². The average molecular weight is 424 g/mol. The summed E-state index contributed by atoms with van der Waals surface area (Å²) in [6.07, 6.45) is -0.615. The van der Waals surface area contributed by atoms with Gasteiger partial charge in [-0.3, -0.25) is 0 Å². The van der Waals surface area contributed by atoms with E-state index in [4.69, 9.17) is 0 Å². The molecular formula is C27H37NO3. The summed E-state index contributed by atoms with van der Waals surface area (Å²) in [5, 5.41) is 23.3. The van der Waals surface area contributed by atoms with Gasteiger partial charge in [0.25, 0.3) is 0 Å². The second-order valence-corrected chi connectivity index (χ2v) is 10.8. The van der Waals surface area contributed by atoms with Crippen LogP contribution in [0.2, 0.25) is 0 Å². The fourth-order valence-corrected chi connectivity index (χ4v) is 3.93. The van der Waals surface area contributed by atoms with Gasteiger partial charge in [-0.1, -0.05) is 90.1 Å². The van der Waals surface area contributed by atoms with Gasteiger partial charge in [0.2, 0.25) is 0 Å². The second kappa shape index (κ2) is 8.41. The monoisotopic (exact) mass is 423 g/mol. The van der Waals surface area contributed by atoms with Gasteiger partial charge >= 0.3 is 6.09 Å². The Morgan fingerprint density at radius 3 is 1.74 bits per heavy atom. The lowest BCUT2D eigenvalue weighted by Gasteiger charge is -2.33. The minimum atomic E-state index is -1.07. The molecule has 0 saturated carbocycles. The van der Waals surface area contributed by atoms with Crippen LogP contribution in [0.5, 0.6) is 5.75 Å². The van der Waals surface area contributed by atoms with Crippen LogP contribution in [-0.2, 0) is 22.8 Å². The number of aromatic hydroxyl groups is 1. The van der Waals surface area contributed by atoms with Crippen LogP contribution in [0.4, 0.5) is 4.79 Å². The van der Waals surface area contributed by atoms with E-state index in [0.29, 0.717) is 12.2 Å². The molecule has 4 nitrogen and oxygen atoms in total. The molecule has 4 heteroatoms. The van der Waals surface area contributed by atoms with E-state index < -0.39 is 11.6 Å². The molecule has 2 aromatic rings. The van der Waals surface area contributed by atoms with E-state index in [1.807, 2.05) is 50.2 Å². The molecule has 0 saturated heterocycles. The van der Waals surface area contributed by atoms with Crippen molar-refractivity contribution in [1.82, 2.24) is 5.32 Å². The number of benzene rings is 2. The van der Waals surface area contributed by atoms with Crippen LogP contribution in [0.3, 0.4) is 0 Å². The Balaban J connectivity index is 2.63. The van der Waals surface area contributed by atoms with Crippen LogP contribution in [0.25, 0.3) is 5.57 Å². The van der Waals surface area contributed by atoms with Crippen LogP contribution in [0, 0.1) is 0 Å². The van der Waals surface area contributed by atoms with Crippen molar-refractivity contribution in [3.05, 3.63) is 70.8 Å². The Labute approximate surface area is 187 Å². The third-order valence-electron chi connectivity index (χ3n) is 5.74. The van der Waals surface area contributed by atoms with Crippen molar-refractivity contribution >= 4 is 11.7 Å². The first-order chi connectivity index (χ1) is 14.0. The third kappa shape index (κ3) is 5.69. The Bertz CT molecular complexity index is 940. The summed E-state index contributed by atoms with van der Waals surface area (Å²) in [7, 11) is 0. The molecular weight excluding hydrogens is 386 g/mol. The summed E-state index contributed by atoms with van der Waals surface area (Å²) in [6, 6.07) is 11.9. The van der Waals surface area contributed by atoms with Crippen molar-refractivity contribution in [3.8, 4) is 5.75 Å². The number of carboxylic acid groups (broad SMARTS) is 1. The molecule has 1 unspecified atom stereocenters. The molecule has 0 aromatic heterocycles. The SMILES string of the molecule is C=C(C)c1ccc(C(C)(Cc2cc(C(C)(C)C)c(O)c(C(C)(C)C)c2)NC(=O)O)cc1. The highest BCUT2D eigenvalue weighted by Crippen LogP contribution is 2.41. The molecule has 1 amide bonds. The lowest BCUT2D eigenvalue weighted by Crippen LogP contribution is -2.44. The molecule has 2 rings (SSSR count). The smallest absolute Gasteiger partial charge is 0.405 e. The average Bonchev–Trinajstić information content (AvgIpc) is 2.60. The first kappa shape index (κ1) is 24.5. The van der Waals surface area contributed by atoms with Crippen LogP contribution < -0.4 is 5.32 Å². The maximum absolute atomic E-state index is 11.7. The molecule has 0 aliphatic carbocycles. The van der Waals surface area contributed by atoms with Gasteiger partial charge in [0.1, 0.15) is 5.75 Å². The number of phenolic OH excluding ortho intramolecular Hbond substituents is 1. The van der Waals surface area contributed by atoms with Gasteiger partial charge in [-0.15, -0.1) is 0 Å². The molecule has 31 heavy (non-hydrogen) atoms. The van der Waals surface area contributed by atoms with E-state index in [0.717, 1.165) is 33.4 Å². The number of hydrogen-bond donors (Lipinski definition) is 3. The molecule has 2 aromatic carbocycles. The molecule has 3 N–H and O–H groups in total. The van der Waals surface area contributed by atoms with Crippen LogP contribution in [0.15, 0.2) is 43.0 Å².